The first-order chi connectivity index (χ1) is 10.5. The van der Waals surface area contributed by atoms with E-state index in [1.807, 2.05) is 6.92 Å². The molecule has 0 fully saturated rings. The quantitative estimate of drug-likeness (QED) is 0.583. The van der Waals surface area contributed by atoms with Gasteiger partial charge in [-0.15, -0.1) is 0 Å². The van der Waals surface area contributed by atoms with Gasteiger partial charge in [0.25, 0.3) is 0 Å². The van der Waals surface area contributed by atoms with Crippen molar-refractivity contribution in [1.29, 1.82) is 0 Å². The lowest BCUT2D eigenvalue weighted by Gasteiger charge is -2.18. The van der Waals surface area contributed by atoms with Crippen molar-refractivity contribution in [3.05, 3.63) is 69.8 Å². The van der Waals surface area contributed by atoms with Crippen LogP contribution in [0.15, 0.2) is 58.7 Å². The molecule has 2 rings (SSSR count). The molecule has 3 heteroatoms. The molecule has 0 atom stereocenters. The van der Waals surface area contributed by atoms with Gasteiger partial charge in [0.15, 0.2) is 0 Å². The van der Waals surface area contributed by atoms with E-state index in [0.717, 1.165) is 17.7 Å². The maximum atomic E-state index is 12.6. The van der Waals surface area contributed by atoms with Crippen LogP contribution >= 0.6 is 0 Å². The molecular formula is C20H23F3. The van der Waals surface area contributed by atoms with Crippen LogP contribution in [0.3, 0.4) is 0 Å². The number of allylic oxidation sites excluding steroid dienone is 6. The molecule has 0 nitrogen and oxygen atoms in total. The highest BCUT2D eigenvalue weighted by molar-refractivity contribution is 5.55. The van der Waals surface area contributed by atoms with Gasteiger partial charge in [-0.3, -0.25) is 0 Å². The molecule has 0 aromatic heterocycles. The summed E-state index contributed by atoms with van der Waals surface area (Å²) in [6, 6.07) is 5.44. The van der Waals surface area contributed by atoms with Gasteiger partial charge < -0.3 is 0 Å². The third-order valence-electron chi connectivity index (χ3n) is 4.17. The topological polar surface area (TPSA) is 0 Å². The summed E-state index contributed by atoms with van der Waals surface area (Å²) in [5.74, 6) is 0. The van der Waals surface area contributed by atoms with Gasteiger partial charge in [0, 0.05) is 0 Å². The molecule has 0 amide bonds. The zero-order chi connectivity index (χ0) is 17.4. The molecule has 0 saturated carbocycles. The van der Waals surface area contributed by atoms with Crippen LogP contribution in [-0.2, 0) is 12.6 Å². The monoisotopic (exact) mass is 320 g/mol. The summed E-state index contributed by atoms with van der Waals surface area (Å²) < 4.78 is 37.8. The fraction of sp³-hybridized carbons (Fsp3) is 0.400. The largest absolute Gasteiger partial charge is 0.416 e. The van der Waals surface area contributed by atoms with Crippen molar-refractivity contribution in [3.8, 4) is 0 Å². The Hall–Kier alpha value is -1.77. The summed E-state index contributed by atoms with van der Waals surface area (Å²) in [6.45, 7) is 10.7. The molecule has 23 heavy (non-hydrogen) atoms. The normalized spacial score (nSPS) is 17.9. The van der Waals surface area contributed by atoms with Gasteiger partial charge in [-0.25, -0.2) is 0 Å². The highest BCUT2D eigenvalue weighted by Gasteiger charge is 2.30. The van der Waals surface area contributed by atoms with E-state index in [0.29, 0.717) is 6.42 Å². The molecule has 0 aliphatic heterocycles. The smallest absolute Gasteiger partial charge is 0.166 e. The molecule has 0 bridgehead atoms. The van der Waals surface area contributed by atoms with Gasteiger partial charge in [-0.1, -0.05) is 50.6 Å². The summed E-state index contributed by atoms with van der Waals surface area (Å²) in [5, 5.41) is 0. The van der Waals surface area contributed by atoms with Crippen LogP contribution in [0.2, 0.25) is 0 Å². The van der Waals surface area contributed by atoms with Gasteiger partial charge >= 0.3 is 6.18 Å². The lowest BCUT2D eigenvalue weighted by molar-refractivity contribution is -0.137. The van der Waals surface area contributed by atoms with Gasteiger partial charge in [-0.2, -0.15) is 13.2 Å². The van der Waals surface area contributed by atoms with E-state index in [1.54, 1.807) is 12.1 Å². The number of alkyl halides is 3. The van der Waals surface area contributed by atoms with Crippen LogP contribution in [0.5, 0.6) is 0 Å². The van der Waals surface area contributed by atoms with Crippen LogP contribution in [0.25, 0.3) is 0 Å². The third-order valence-corrected chi connectivity index (χ3v) is 4.17. The van der Waals surface area contributed by atoms with Gasteiger partial charge in [0.2, 0.25) is 0 Å². The number of hydrogen-bond acceptors (Lipinski definition) is 0. The zero-order valence-electron chi connectivity index (χ0n) is 14.3. The molecular weight excluding hydrogens is 297 g/mol. The molecule has 0 radical (unpaired) electrons. The minimum absolute atomic E-state index is 0.0949. The summed E-state index contributed by atoms with van der Waals surface area (Å²) in [5.41, 5.74) is 5.29. The molecule has 0 N–H and O–H groups in total. The van der Waals surface area contributed by atoms with Gasteiger partial charge in [0.05, 0.1) is 5.56 Å². The predicted molar refractivity (Wildman–Crippen MR) is 89.1 cm³/mol. The first kappa shape index (κ1) is 17.6. The Morgan fingerprint density at radius 3 is 1.96 bits per heavy atom. The third kappa shape index (κ3) is 4.15. The van der Waals surface area contributed by atoms with Gasteiger partial charge in [-0.05, 0) is 60.1 Å². The van der Waals surface area contributed by atoms with Crippen LogP contribution in [0, 0.1) is 5.41 Å². The van der Waals surface area contributed by atoms with E-state index in [-0.39, 0.29) is 5.41 Å². The lowest BCUT2D eigenvalue weighted by atomic mass is 9.87. The molecule has 0 spiro atoms. The van der Waals surface area contributed by atoms with Crippen LogP contribution < -0.4 is 0 Å². The Kier molecular flexibility index (Phi) is 4.61. The highest BCUT2D eigenvalue weighted by atomic mass is 19.4. The average molecular weight is 320 g/mol. The molecule has 0 saturated heterocycles. The van der Waals surface area contributed by atoms with Crippen molar-refractivity contribution in [2.75, 3.05) is 0 Å². The van der Waals surface area contributed by atoms with Crippen molar-refractivity contribution >= 4 is 0 Å². The van der Waals surface area contributed by atoms with E-state index < -0.39 is 11.7 Å². The minimum Gasteiger partial charge on any atom is -0.166 e. The van der Waals surface area contributed by atoms with Crippen molar-refractivity contribution in [2.45, 2.75) is 47.2 Å². The molecule has 0 heterocycles. The van der Waals surface area contributed by atoms with Gasteiger partial charge in [0.1, 0.15) is 0 Å². The van der Waals surface area contributed by atoms with E-state index in [4.69, 9.17) is 0 Å². The molecule has 1 aliphatic carbocycles. The Morgan fingerprint density at radius 1 is 0.957 bits per heavy atom. The molecule has 1 aromatic carbocycles. The number of benzene rings is 1. The van der Waals surface area contributed by atoms with E-state index in [2.05, 4.69) is 39.8 Å². The minimum atomic E-state index is -4.28. The number of rotatable bonds is 2. The summed E-state index contributed by atoms with van der Waals surface area (Å²) >= 11 is 0. The number of hydrogen-bond donors (Lipinski definition) is 0. The van der Waals surface area contributed by atoms with E-state index in [9.17, 15) is 13.2 Å². The summed E-state index contributed by atoms with van der Waals surface area (Å²) in [6.07, 6.45) is 0.786. The fourth-order valence-electron chi connectivity index (χ4n) is 2.73. The lowest BCUT2D eigenvalue weighted by Crippen LogP contribution is -2.06. The molecule has 1 aliphatic rings. The van der Waals surface area contributed by atoms with Crippen LogP contribution in [0.1, 0.15) is 45.7 Å². The van der Waals surface area contributed by atoms with E-state index in [1.165, 1.54) is 22.3 Å². The Balaban J connectivity index is 2.24. The standard InChI is InChI=1S/C20H23F3/c1-13(18-12-17(11-14(18)2)19(3,4)5)10-15-6-8-16(9-7-15)20(21,22)23/h6-9,11-12H,10H2,1-5H3. The maximum Gasteiger partial charge on any atom is 0.416 e. The summed E-state index contributed by atoms with van der Waals surface area (Å²) in [7, 11) is 0. The second-order valence-corrected chi connectivity index (χ2v) is 7.24. The molecule has 0 unspecified atom stereocenters. The second kappa shape index (κ2) is 6.03. The number of halogens is 3. The Morgan fingerprint density at radius 2 is 1.52 bits per heavy atom. The highest BCUT2D eigenvalue weighted by Crippen LogP contribution is 2.36. The van der Waals surface area contributed by atoms with Crippen molar-refractivity contribution in [3.63, 3.8) is 0 Å². The maximum absolute atomic E-state index is 12.6. The van der Waals surface area contributed by atoms with Crippen LogP contribution in [-0.4, -0.2) is 0 Å². The van der Waals surface area contributed by atoms with Crippen molar-refractivity contribution < 1.29 is 13.2 Å². The van der Waals surface area contributed by atoms with Crippen LogP contribution in [0.4, 0.5) is 13.2 Å². The summed E-state index contributed by atoms with van der Waals surface area (Å²) in [4.78, 5) is 0. The second-order valence-electron chi connectivity index (χ2n) is 7.24. The molecule has 1 aromatic rings. The van der Waals surface area contributed by atoms with E-state index >= 15 is 0 Å². The first-order valence-electron chi connectivity index (χ1n) is 7.75. The Labute approximate surface area is 136 Å². The average Bonchev–Trinajstić information content (AvgIpc) is 2.80. The van der Waals surface area contributed by atoms with Crippen molar-refractivity contribution in [2.24, 2.45) is 5.41 Å². The predicted octanol–water partition coefficient (Wildman–Crippen LogP) is 6.50. The SMILES string of the molecule is CC1=CC(C(C)(C)C)=CC1=C(C)Cc1ccc(C(F)(F)F)cc1. The first-order valence-corrected chi connectivity index (χ1v) is 7.75. The molecule has 124 valence electrons. The Bertz CT molecular complexity index is 675. The fourth-order valence-corrected chi connectivity index (χ4v) is 2.73. The zero-order valence-corrected chi connectivity index (χ0v) is 14.3. The van der Waals surface area contributed by atoms with Crippen molar-refractivity contribution in [1.82, 2.24) is 0 Å².